The summed E-state index contributed by atoms with van der Waals surface area (Å²) in [5.41, 5.74) is 2.41. The monoisotopic (exact) mass is 283 g/mol. The molecule has 18 heavy (non-hydrogen) atoms. The van der Waals surface area contributed by atoms with Crippen molar-refractivity contribution < 1.29 is 4.74 Å². The van der Waals surface area contributed by atoms with Gasteiger partial charge in [-0.15, -0.1) is 11.3 Å². The van der Waals surface area contributed by atoms with Crippen molar-refractivity contribution in [3.05, 3.63) is 17.5 Å². The quantitative estimate of drug-likeness (QED) is 0.642. The summed E-state index contributed by atoms with van der Waals surface area (Å²) in [6, 6.07) is 4.24. The van der Waals surface area contributed by atoms with Gasteiger partial charge in [0.25, 0.3) is 0 Å². The van der Waals surface area contributed by atoms with Crippen LogP contribution in [-0.4, -0.2) is 21.1 Å². The summed E-state index contributed by atoms with van der Waals surface area (Å²) >= 11 is 3.07. The fourth-order valence-electron chi connectivity index (χ4n) is 1.12. The number of aromatic nitrogens is 3. The predicted molar refractivity (Wildman–Crippen MR) is 71.8 cm³/mol. The second-order valence-corrected chi connectivity index (χ2v) is 5.78. The normalized spacial score (nSPS) is 10.7. The molecule has 0 radical (unpaired) electrons. The third-order valence-corrected chi connectivity index (χ3v) is 3.65. The number of thiophene rings is 1. The van der Waals surface area contributed by atoms with Gasteiger partial charge in [-0.3, -0.25) is 5.43 Å². The van der Waals surface area contributed by atoms with E-state index >= 15 is 0 Å². The third-order valence-electron chi connectivity index (χ3n) is 1.75. The van der Waals surface area contributed by atoms with Crippen LogP contribution in [0, 0.1) is 0 Å². The molecule has 0 aromatic carbocycles. The zero-order chi connectivity index (χ0) is 13.0. The lowest BCUT2D eigenvalue weighted by atomic mass is 10.5. The van der Waals surface area contributed by atoms with E-state index in [1.165, 1.54) is 11.8 Å². The molecule has 2 rings (SSSR count). The fraction of sp³-hybridized carbons (Fsp3) is 0.300. The SMILES string of the molecule is CC(C)Oc1nc(NN)nc(Sc2cccs2)n1. The smallest absolute Gasteiger partial charge is 0.322 e. The maximum Gasteiger partial charge on any atom is 0.322 e. The van der Waals surface area contributed by atoms with Gasteiger partial charge in [-0.2, -0.15) is 15.0 Å². The number of nitrogens with one attached hydrogen (secondary N) is 1. The average molecular weight is 283 g/mol. The van der Waals surface area contributed by atoms with E-state index in [-0.39, 0.29) is 12.1 Å². The van der Waals surface area contributed by atoms with Crippen LogP contribution in [0.4, 0.5) is 5.95 Å². The highest BCUT2D eigenvalue weighted by Crippen LogP contribution is 2.29. The summed E-state index contributed by atoms with van der Waals surface area (Å²) in [6.07, 6.45) is -0.00221. The van der Waals surface area contributed by atoms with Gasteiger partial charge in [0.15, 0.2) is 0 Å². The van der Waals surface area contributed by atoms with Crippen LogP contribution >= 0.6 is 23.1 Å². The molecule has 0 aliphatic rings. The Morgan fingerprint density at radius 3 is 2.83 bits per heavy atom. The highest BCUT2D eigenvalue weighted by atomic mass is 32.2. The molecule has 96 valence electrons. The zero-order valence-corrected chi connectivity index (χ0v) is 11.6. The van der Waals surface area contributed by atoms with Crippen LogP contribution in [0.3, 0.4) is 0 Å². The third kappa shape index (κ3) is 3.56. The molecule has 2 heterocycles. The molecule has 0 aliphatic carbocycles. The second-order valence-electron chi connectivity index (χ2n) is 3.57. The highest BCUT2D eigenvalue weighted by molar-refractivity contribution is 8.01. The Hall–Kier alpha value is -1.38. The number of nitrogens with two attached hydrogens (primary N) is 1. The number of hydrogen-bond acceptors (Lipinski definition) is 8. The minimum atomic E-state index is -0.00221. The van der Waals surface area contributed by atoms with Crippen molar-refractivity contribution in [1.82, 2.24) is 15.0 Å². The van der Waals surface area contributed by atoms with Crippen LogP contribution in [0.1, 0.15) is 13.8 Å². The molecular formula is C10H13N5OS2. The Labute approximate surface area is 113 Å². The summed E-state index contributed by atoms with van der Waals surface area (Å²) in [6.45, 7) is 3.82. The van der Waals surface area contributed by atoms with Gasteiger partial charge in [0.2, 0.25) is 11.1 Å². The predicted octanol–water partition coefficient (Wildman–Crippen LogP) is 2.16. The Morgan fingerprint density at radius 2 is 2.22 bits per heavy atom. The molecular weight excluding hydrogens is 270 g/mol. The molecule has 0 aliphatic heterocycles. The Kier molecular flexibility index (Phi) is 4.34. The zero-order valence-electron chi connectivity index (χ0n) is 9.95. The molecule has 0 saturated carbocycles. The molecule has 3 N–H and O–H groups in total. The maximum absolute atomic E-state index is 5.45. The molecule has 0 bridgehead atoms. The summed E-state index contributed by atoms with van der Waals surface area (Å²) in [4.78, 5) is 12.4. The Bertz CT molecular complexity index is 503. The van der Waals surface area contributed by atoms with E-state index in [4.69, 9.17) is 10.6 Å². The number of anilines is 1. The molecule has 0 amide bonds. The van der Waals surface area contributed by atoms with Crippen molar-refractivity contribution in [3.8, 4) is 6.01 Å². The maximum atomic E-state index is 5.45. The lowest BCUT2D eigenvalue weighted by Crippen LogP contribution is -2.14. The summed E-state index contributed by atoms with van der Waals surface area (Å²) < 4.78 is 6.55. The first-order valence-electron chi connectivity index (χ1n) is 5.28. The Balaban J connectivity index is 2.23. The summed E-state index contributed by atoms with van der Waals surface area (Å²) in [7, 11) is 0. The summed E-state index contributed by atoms with van der Waals surface area (Å²) in [5, 5.41) is 2.55. The van der Waals surface area contributed by atoms with Crippen LogP contribution in [0.25, 0.3) is 0 Å². The second kappa shape index (κ2) is 5.98. The number of nitrogen functional groups attached to an aromatic ring is 1. The molecule has 2 aromatic rings. The van der Waals surface area contributed by atoms with E-state index in [1.807, 2.05) is 31.4 Å². The largest absolute Gasteiger partial charge is 0.461 e. The van der Waals surface area contributed by atoms with Crippen molar-refractivity contribution in [2.24, 2.45) is 5.84 Å². The van der Waals surface area contributed by atoms with Gasteiger partial charge < -0.3 is 4.74 Å². The average Bonchev–Trinajstić information content (AvgIpc) is 2.80. The first-order valence-corrected chi connectivity index (χ1v) is 6.97. The van der Waals surface area contributed by atoms with Gasteiger partial charge in [0.05, 0.1) is 10.3 Å². The minimum absolute atomic E-state index is 0.00221. The van der Waals surface area contributed by atoms with Crippen LogP contribution in [0.5, 0.6) is 6.01 Å². The van der Waals surface area contributed by atoms with Crippen molar-refractivity contribution >= 4 is 29.0 Å². The van der Waals surface area contributed by atoms with E-state index in [0.717, 1.165) is 4.21 Å². The van der Waals surface area contributed by atoms with Crippen molar-refractivity contribution in [3.63, 3.8) is 0 Å². The molecule has 0 fully saturated rings. The number of hydrazine groups is 1. The van der Waals surface area contributed by atoms with E-state index < -0.39 is 0 Å². The van der Waals surface area contributed by atoms with Crippen molar-refractivity contribution in [1.29, 1.82) is 0 Å². The van der Waals surface area contributed by atoms with Crippen LogP contribution in [0.2, 0.25) is 0 Å². The van der Waals surface area contributed by atoms with Gasteiger partial charge in [0.1, 0.15) is 0 Å². The van der Waals surface area contributed by atoms with E-state index in [9.17, 15) is 0 Å². The van der Waals surface area contributed by atoms with Gasteiger partial charge in [0, 0.05) is 0 Å². The van der Waals surface area contributed by atoms with Crippen molar-refractivity contribution in [2.75, 3.05) is 5.43 Å². The molecule has 0 unspecified atom stereocenters. The van der Waals surface area contributed by atoms with E-state index in [2.05, 4.69) is 20.4 Å². The topological polar surface area (TPSA) is 86.0 Å². The van der Waals surface area contributed by atoms with Crippen LogP contribution < -0.4 is 16.0 Å². The molecule has 8 heteroatoms. The number of ether oxygens (including phenoxy) is 1. The Morgan fingerprint density at radius 1 is 1.39 bits per heavy atom. The minimum Gasteiger partial charge on any atom is -0.461 e. The van der Waals surface area contributed by atoms with Crippen LogP contribution in [-0.2, 0) is 0 Å². The van der Waals surface area contributed by atoms with E-state index in [1.54, 1.807) is 11.3 Å². The number of hydrogen-bond donors (Lipinski definition) is 2. The van der Waals surface area contributed by atoms with Gasteiger partial charge >= 0.3 is 6.01 Å². The lowest BCUT2D eigenvalue weighted by Gasteiger charge is -2.09. The van der Waals surface area contributed by atoms with Crippen LogP contribution in [0.15, 0.2) is 26.9 Å². The standard InChI is InChI=1S/C10H13N5OS2/c1-6(2)16-9-12-8(15-11)13-10(14-9)18-7-4-3-5-17-7/h3-6H,11H2,1-2H3,(H,12,13,14,15). The summed E-state index contributed by atoms with van der Waals surface area (Å²) in [5.74, 6) is 5.62. The molecule has 6 nitrogen and oxygen atoms in total. The van der Waals surface area contributed by atoms with E-state index in [0.29, 0.717) is 11.1 Å². The molecule has 2 aromatic heterocycles. The highest BCUT2D eigenvalue weighted by Gasteiger charge is 2.10. The molecule has 0 atom stereocenters. The van der Waals surface area contributed by atoms with Crippen molar-refractivity contribution in [2.45, 2.75) is 29.3 Å². The molecule has 0 saturated heterocycles. The fourth-order valence-corrected chi connectivity index (χ4v) is 2.74. The van der Waals surface area contributed by atoms with Gasteiger partial charge in [-0.1, -0.05) is 6.07 Å². The van der Waals surface area contributed by atoms with Gasteiger partial charge in [-0.05, 0) is 37.1 Å². The molecule has 0 spiro atoms. The first kappa shape index (κ1) is 13.1. The number of nitrogens with zero attached hydrogens (tertiary/aromatic N) is 3. The lowest BCUT2D eigenvalue weighted by molar-refractivity contribution is 0.219. The first-order chi connectivity index (χ1) is 8.67. The van der Waals surface area contributed by atoms with Gasteiger partial charge in [-0.25, -0.2) is 5.84 Å². The number of rotatable bonds is 5.